The van der Waals surface area contributed by atoms with Gasteiger partial charge < -0.3 is 10.6 Å². The second-order valence-electron chi connectivity index (χ2n) is 8.56. The molecule has 1 aliphatic carbocycles. The smallest absolute Gasteiger partial charge is 0.330 e. The van der Waals surface area contributed by atoms with Gasteiger partial charge >= 0.3 is 18.3 Å². The summed E-state index contributed by atoms with van der Waals surface area (Å²) in [6, 6.07) is 1.48. The van der Waals surface area contributed by atoms with Crippen molar-refractivity contribution in [2.75, 3.05) is 6.54 Å². The molecule has 182 valence electrons. The zero-order valence-electron chi connectivity index (χ0n) is 17.2. The number of halogens is 7. The summed E-state index contributed by atoms with van der Waals surface area (Å²) in [7, 11) is -4.89. The molecule has 0 aliphatic heterocycles. The van der Waals surface area contributed by atoms with E-state index in [2.05, 4.69) is 0 Å². The van der Waals surface area contributed by atoms with Crippen LogP contribution in [0.15, 0.2) is 29.2 Å². The molecule has 0 heterocycles. The van der Waals surface area contributed by atoms with Crippen LogP contribution in [0.3, 0.4) is 0 Å². The number of sulfone groups is 1. The van der Waals surface area contributed by atoms with E-state index < -0.39 is 87.4 Å². The fraction of sp³-hybridized carbons (Fsp3) is 0.632. The molecule has 1 amide bonds. The van der Waals surface area contributed by atoms with E-state index in [-0.39, 0.29) is 0 Å². The monoisotopic (exact) mass is 492 g/mol. The highest BCUT2D eigenvalue weighted by atomic mass is 32.2. The van der Waals surface area contributed by atoms with E-state index in [1.807, 2.05) is 0 Å². The van der Waals surface area contributed by atoms with Gasteiger partial charge in [-0.3, -0.25) is 4.79 Å². The third-order valence-electron chi connectivity index (χ3n) is 5.18. The van der Waals surface area contributed by atoms with E-state index in [0.717, 1.165) is 12.1 Å². The number of nitrogens with zero attached hydrogens (tertiary/aromatic N) is 1. The lowest BCUT2D eigenvalue weighted by Crippen LogP contribution is -2.56. The van der Waals surface area contributed by atoms with Gasteiger partial charge in [-0.25, -0.2) is 12.8 Å². The van der Waals surface area contributed by atoms with E-state index in [4.69, 9.17) is 5.73 Å². The van der Waals surface area contributed by atoms with Gasteiger partial charge in [-0.2, -0.15) is 26.3 Å². The predicted octanol–water partition coefficient (Wildman–Crippen LogP) is 4.22. The minimum absolute atomic E-state index is 0.319. The van der Waals surface area contributed by atoms with Crippen LogP contribution in [-0.2, 0) is 20.8 Å². The Morgan fingerprint density at radius 3 is 2.09 bits per heavy atom. The number of rotatable bonds is 5. The van der Waals surface area contributed by atoms with E-state index in [1.54, 1.807) is 0 Å². The Balaban J connectivity index is 2.29. The molecule has 1 aromatic carbocycles. The van der Waals surface area contributed by atoms with Crippen LogP contribution in [0.5, 0.6) is 0 Å². The number of alkyl halides is 7. The van der Waals surface area contributed by atoms with Crippen LogP contribution in [0.2, 0.25) is 0 Å². The highest BCUT2D eigenvalue weighted by Gasteiger charge is 2.52. The Morgan fingerprint density at radius 2 is 1.66 bits per heavy atom. The quantitative estimate of drug-likeness (QED) is 0.625. The molecule has 1 aromatic rings. The van der Waals surface area contributed by atoms with E-state index >= 15 is 4.39 Å². The average molecular weight is 492 g/mol. The molecule has 5 nitrogen and oxygen atoms in total. The molecule has 2 rings (SSSR count). The Morgan fingerprint density at radius 1 is 1.12 bits per heavy atom. The minimum atomic E-state index is -5.21. The van der Waals surface area contributed by atoms with Crippen LogP contribution < -0.4 is 5.73 Å². The van der Waals surface area contributed by atoms with Crippen LogP contribution in [0.1, 0.15) is 45.1 Å². The van der Waals surface area contributed by atoms with Gasteiger partial charge in [0, 0.05) is 18.1 Å². The summed E-state index contributed by atoms with van der Waals surface area (Å²) < 4.78 is 119. The first kappa shape index (κ1) is 26.4. The zero-order valence-corrected chi connectivity index (χ0v) is 18.0. The number of carbonyl (C=O) groups excluding carboxylic acids is 1. The highest BCUT2D eigenvalue weighted by Crippen LogP contribution is 2.43. The molecular formula is C19H23F7N2O3S. The maximum Gasteiger partial charge on any atom is 0.471 e. The summed E-state index contributed by atoms with van der Waals surface area (Å²) in [4.78, 5) is 11.5. The lowest BCUT2D eigenvalue weighted by molar-refractivity contribution is -0.189. The van der Waals surface area contributed by atoms with Gasteiger partial charge in [-0.1, -0.05) is 6.07 Å². The van der Waals surface area contributed by atoms with Crippen LogP contribution in [0, 0.1) is 0 Å². The Kier molecular flexibility index (Phi) is 6.98. The Bertz CT molecular complexity index is 945. The summed E-state index contributed by atoms with van der Waals surface area (Å²) in [5, 5.41) is -2.99. The normalized spacial score (nSPS) is 23.1. The average Bonchev–Trinajstić information content (AvgIpc) is 2.64. The van der Waals surface area contributed by atoms with E-state index in [1.165, 1.54) is 13.8 Å². The summed E-state index contributed by atoms with van der Waals surface area (Å²) >= 11 is 0. The molecule has 0 unspecified atom stereocenters. The van der Waals surface area contributed by atoms with Crippen molar-refractivity contribution in [1.29, 1.82) is 0 Å². The molecule has 1 fully saturated rings. The summed E-state index contributed by atoms with van der Waals surface area (Å²) in [6.45, 7) is 2.28. The largest absolute Gasteiger partial charge is 0.471 e. The fourth-order valence-electron chi connectivity index (χ4n) is 3.63. The van der Waals surface area contributed by atoms with E-state index in [0.29, 0.717) is 17.0 Å². The van der Waals surface area contributed by atoms with Crippen LogP contribution in [-0.4, -0.2) is 48.5 Å². The second kappa shape index (κ2) is 8.47. The Labute approximate surface area is 180 Å². The molecule has 2 N–H and O–H groups in total. The first-order valence-corrected chi connectivity index (χ1v) is 11.0. The fourth-order valence-corrected chi connectivity index (χ4v) is 5.37. The van der Waals surface area contributed by atoms with Crippen molar-refractivity contribution < 1.29 is 43.9 Å². The zero-order chi connectivity index (χ0) is 24.8. The second-order valence-corrected chi connectivity index (χ2v) is 10.8. The van der Waals surface area contributed by atoms with Crippen molar-refractivity contribution in [2.45, 2.75) is 73.4 Å². The van der Waals surface area contributed by atoms with Crippen molar-refractivity contribution in [3.05, 3.63) is 29.8 Å². The van der Waals surface area contributed by atoms with Crippen LogP contribution in [0.25, 0.3) is 0 Å². The molecule has 0 spiro atoms. The minimum Gasteiger partial charge on any atom is -0.330 e. The molecule has 1 saturated carbocycles. The third-order valence-corrected chi connectivity index (χ3v) is 7.42. The molecule has 0 atom stereocenters. The first-order valence-electron chi connectivity index (χ1n) is 9.55. The maximum absolute atomic E-state index is 15.5. The summed E-state index contributed by atoms with van der Waals surface area (Å²) in [6.07, 6.45) is -12.5. The van der Waals surface area contributed by atoms with Gasteiger partial charge in [0.25, 0.3) is 0 Å². The number of hydrogen-bond donors (Lipinski definition) is 1. The summed E-state index contributed by atoms with van der Waals surface area (Å²) in [5.74, 6) is -2.17. The molecule has 0 bridgehead atoms. The van der Waals surface area contributed by atoms with Gasteiger partial charge in [-0.05, 0) is 57.7 Å². The molecule has 13 heteroatoms. The SMILES string of the molecule is CC(C)(N)CN(C(=O)C(F)(F)F)C1CCC(F)(S(=O)(=O)c2cccc(C(F)(F)F)c2)CC1. The first-order chi connectivity index (χ1) is 14.3. The molecule has 32 heavy (non-hydrogen) atoms. The van der Waals surface area contributed by atoms with Crippen molar-refractivity contribution in [2.24, 2.45) is 5.73 Å². The number of amides is 1. The van der Waals surface area contributed by atoms with Gasteiger partial charge in [0.15, 0.2) is 0 Å². The third kappa shape index (κ3) is 5.72. The van der Waals surface area contributed by atoms with Gasteiger partial charge in [-0.15, -0.1) is 0 Å². The number of hydrogen-bond acceptors (Lipinski definition) is 4. The molecular weight excluding hydrogens is 469 g/mol. The van der Waals surface area contributed by atoms with E-state index in [9.17, 15) is 39.6 Å². The standard InChI is InChI=1S/C19H23F7N2O3S/c1-16(2,27)11-28(15(29)19(24,25)26)13-6-8-17(20,9-7-13)32(30,31)14-5-3-4-12(10-14)18(21,22)23/h3-5,10,13H,6-9,11,27H2,1-2H3. The van der Waals surface area contributed by atoms with Crippen molar-refractivity contribution >= 4 is 15.7 Å². The molecule has 0 radical (unpaired) electrons. The molecule has 0 aromatic heterocycles. The Hall–Kier alpha value is -1.89. The van der Waals surface area contributed by atoms with Gasteiger partial charge in [0.1, 0.15) is 0 Å². The number of carbonyl (C=O) groups is 1. The topological polar surface area (TPSA) is 80.5 Å². The maximum atomic E-state index is 15.5. The van der Waals surface area contributed by atoms with Crippen molar-refractivity contribution in [3.63, 3.8) is 0 Å². The van der Waals surface area contributed by atoms with Crippen LogP contribution >= 0.6 is 0 Å². The number of nitrogens with two attached hydrogens (primary N) is 1. The summed E-state index contributed by atoms with van der Waals surface area (Å²) in [5.41, 5.74) is 3.26. The van der Waals surface area contributed by atoms with Crippen LogP contribution in [0.4, 0.5) is 30.7 Å². The van der Waals surface area contributed by atoms with Crippen molar-refractivity contribution in [1.82, 2.24) is 4.90 Å². The van der Waals surface area contributed by atoms with Gasteiger partial charge in [0.05, 0.1) is 10.5 Å². The predicted molar refractivity (Wildman–Crippen MR) is 101 cm³/mol. The highest BCUT2D eigenvalue weighted by molar-refractivity contribution is 7.92. The lowest BCUT2D eigenvalue weighted by atomic mass is 9.91. The lowest BCUT2D eigenvalue weighted by Gasteiger charge is -2.41. The molecule has 0 saturated heterocycles. The van der Waals surface area contributed by atoms with Crippen molar-refractivity contribution in [3.8, 4) is 0 Å². The number of benzene rings is 1. The van der Waals surface area contributed by atoms with Gasteiger partial charge in [0.2, 0.25) is 14.8 Å². The molecule has 1 aliphatic rings.